The number of hydrogen-bond acceptors (Lipinski definition) is 2. The molecule has 3 aliphatic rings. The van der Waals surface area contributed by atoms with Crippen LogP contribution in [0.4, 0.5) is 87.8 Å². The zero-order valence-corrected chi connectivity index (χ0v) is 17.4. The van der Waals surface area contributed by atoms with Crippen LogP contribution in [0, 0.1) is 11.8 Å². The maximum Gasteiger partial charge on any atom is 0.460 e. The van der Waals surface area contributed by atoms with Crippen LogP contribution >= 0.6 is 0 Å². The Balaban J connectivity index is 2.81. The molecule has 0 aromatic heterocycles. The Labute approximate surface area is 200 Å². The summed E-state index contributed by atoms with van der Waals surface area (Å²) in [6.45, 7) is 0. The Morgan fingerprint density at radius 3 is 1.00 bits per heavy atom. The predicted molar refractivity (Wildman–Crippen MR) is 81.9 cm³/mol. The van der Waals surface area contributed by atoms with Crippen LogP contribution < -0.4 is 0 Å². The number of aliphatic hydroxyl groups excluding tert-OH is 2. The molecule has 2 nitrogen and oxygen atoms in total. The van der Waals surface area contributed by atoms with Crippen molar-refractivity contribution in [3.05, 3.63) is 23.3 Å². The first kappa shape index (κ1) is 33.2. The average Bonchev–Trinajstić information content (AvgIpc) is 2.73. The average molecular weight is 624 g/mol. The van der Waals surface area contributed by atoms with Crippen LogP contribution in [0.1, 0.15) is 0 Å². The zero-order chi connectivity index (χ0) is 31.4. The molecule has 0 fully saturated rings. The smallest absolute Gasteiger partial charge is 0.389 e. The molecular weight excluding hydrogens is 616 g/mol. The molecule has 2 N–H and O–H groups in total. The molecule has 0 saturated carbocycles. The van der Waals surface area contributed by atoms with Crippen molar-refractivity contribution < 1.29 is 98.0 Å². The molecule has 0 spiro atoms. The normalized spacial score (nSPS) is 26.5. The molecule has 2 unspecified atom stereocenters. The van der Waals surface area contributed by atoms with E-state index in [-0.39, 0.29) is 12.2 Å². The molecule has 0 heterocycles. The van der Waals surface area contributed by atoms with E-state index < -0.39 is 89.0 Å². The van der Waals surface area contributed by atoms with Gasteiger partial charge in [-0.05, 0) is 0 Å². The minimum Gasteiger partial charge on any atom is -0.389 e. The van der Waals surface area contributed by atoms with E-state index in [9.17, 15) is 98.0 Å². The van der Waals surface area contributed by atoms with E-state index in [1.807, 2.05) is 0 Å². The Morgan fingerprint density at radius 1 is 0.410 bits per heavy atom. The lowest BCUT2D eigenvalue weighted by atomic mass is 9.65. The van der Waals surface area contributed by atoms with Crippen molar-refractivity contribution in [2.45, 2.75) is 66.0 Å². The fraction of sp³-hybridized carbons (Fsp3) is 0.765. The first-order valence-corrected chi connectivity index (χ1v) is 9.37. The van der Waals surface area contributed by atoms with Crippen LogP contribution in [0.3, 0.4) is 0 Å². The van der Waals surface area contributed by atoms with Gasteiger partial charge in [-0.15, -0.1) is 0 Å². The SMILES string of the molecule is OC1C(O)[C@H]2C=C[C@@H]1C(C(F)(F)F)=C2C(F)(F)C(F)(F)C(F)(F)C(F)(F)C(F)(F)C(F)(F)C(F)(F)C(F)(F)F. The quantitative estimate of drug-likeness (QED) is 0.255. The van der Waals surface area contributed by atoms with Gasteiger partial charge in [0.15, 0.2) is 0 Å². The number of halogens is 20. The van der Waals surface area contributed by atoms with E-state index in [1.54, 1.807) is 0 Å². The van der Waals surface area contributed by atoms with Crippen molar-refractivity contribution in [2.75, 3.05) is 0 Å². The van der Waals surface area contributed by atoms with Crippen molar-refractivity contribution in [1.29, 1.82) is 0 Å². The second-order valence-electron chi connectivity index (χ2n) is 8.26. The lowest BCUT2D eigenvalue weighted by Gasteiger charge is -2.48. The van der Waals surface area contributed by atoms with Gasteiger partial charge in [-0.3, -0.25) is 0 Å². The van der Waals surface area contributed by atoms with Crippen LogP contribution in [-0.2, 0) is 0 Å². The van der Waals surface area contributed by atoms with Crippen LogP contribution in [0.5, 0.6) is 0 Å². The Hall–Kier alpha value is -2.00. The van der Waals surface area contributed by atoms with E-state index in [0.29, 0.717) is 0 Å². The molecule has 22 heteroatoms. The van der Waals surface area contributed by atoms with Gasteiger partial charge in [-0.25, -0.2) is 0 Å². The molecule has 3 aliphatic carbocycles. The van der Waals surface area contributed by atoms with Crippen molar-refractivity contribution in [3.63, 3.8) is 0 Å². The first-order chi connectivity index (χ1) is 16.8. The minimum atomic E-state index is -8.97. The van der Waals surface area contributed by atoms with Crippen molar-refractivity contribution >= 4 is 0 Å². The highest BCUT2D eigenvalue weighted by atomic mass is 19.4. The van der Waals surface area contributed by atoms with Gasteiger partial charge in [0.1, 0.15) is 0 Å². The monoisotopic (exact) mass is 624 g/mol. The summed E-state index contributed by atoms with van der Waals surface area (Å²) < 4.78 is 269. The molecule has 0 radical (unpaired) electrons. The molecule has 3 rings (SSSR count). The summed E-state index contributed by atoms with van der Waals surface area (Å²) in [5.41, 5.74) is -6.52. The molecule has 0 aromatic carbocycles. The van der Waals surface area contributed by atoms with Gasteiger partial charge in [0.05, 0.1) is 12.2 Å². The van der Waals surface area contributed by atoms with Crippen molar-refractivity contribution in [1.82, 2.24) is 0 Å². The lowest BCUT2D eigenvalue weighted by molar-refractivity contribution is -0.460. The summed E-state index contributed by atoms with van der Waals surface area (Å²) in [5, 5.41) is 19.1. The highest BCUT2D eigenvalue weighted by Gasteiger charge is 2.95. The number of rotatable bonds is 7. The largest absolute Gasteiger partial charge is 0.460 e. The Bertz CT molecular complexity index is 1030. The molecule has 2 bridgehead atoms. The second kappa shape index (κ2) is 8.51. The highest BCUT2D eigenvalue weighted by molar-refractivity contribution is 5.45. The third-order valence-corrected chi connectivity index (χ3v) is 5.93. The molecule has 4 atom stereocenters. The van der Waals surface area contributed by atoms with Gasteiger partial charge in [0, 0.05) is 23.0 Å². The molecule has 228 valence electrons. The zero-order valence-electron chi connectivity index (χ0n) is 17.4. The predicted octanol–water partition coefficient (Wildman–Crippen LogP) is 6.39. The summed E-state index contributed by atoms with van der Waals surface area (Å²) in [6.07, 6.45) is -20.0. The lowest BCUT2D eigenvalue weighted by Crippen LogP contribution is -2.75. The van der Waals surface area contributed by atoms with E-state index in [0.717, 1.165) is 0 Å². The number of hydrogen-bond donors (Lipinski definition) is 2. The maximum atomic E-state index is 14.7. The summed E-state index contributed by atoms with van der Waals surface area (Å²) in [6, 6.07) is 0. The Morgan fingerprint density at radius 2 is 0.692 bits per heavy atom. The van der Waals surface area contributed by atoms with E-state index >= 15 is 0 Å². The number of aliphatic hydroxyl groups is 2. The van der Waals surface area contributed by atoms with Crippen LogP contribution in [0.2, 0.25) is 0 Å². The standard InChI is InChI=1S/C17H8F20O2/c18-9(19,5-3-1-2-4(8(39)7(3)38)6(5)10(20,21)22)11(23,24)12(25,26)13(27,28)14(29,30)15(31,32)16(33,34)17(35,36)37/h1-4,7-8,38-39H/t3-,4+,7?,8?/m0/s1. The van der Waals surface area contributed by atoms with E-state index in [2.05, 4.69) is 0 Å². The fourth-order valence-corrected chi connectivity index (χ4v) is 3.84. The van der Waals surface area contributed by atoms with Crippen LogP contribution in [-0.4, -0.2) is 76.2 Å². The maximum absolute atomic E-state index is 14.7. The summed E-state index contributed by atoms with van der Waals surface area (Å²) >= 11 is 0. The van der Waals surface area contributed by atoms with Crippen LogP contribution in [0.15, 0.2) is 23.3 Å². The molecule has 0 aliphatic heterocycles. The van der Waals surface area contributed by atoms with Crippen molar-refractivity contribution in [2.24, 2.45) is 11.8 Å². The van der Waals surface area contributed by atoms with Gasteiger partial charge >= 0.3 is 53.8 Å². The molecule has 0 aromatic rings. The van der Waals surface area contributed by atoms with Crippen molar-refractivity contribution in [3.8, 4) is 0 Å². The van der Waals surface area contributed by atoms with E-state index in [1.165, 1.54) is 0 Å². The van der Waals surface area contributed by atoms with Gasteiger partial charge in [-0.2, -0.15) is 87.8 Å². The van der Waals surface area contributed by atoms with E-state index in [4.69, 9.17) is 0 Å². The summed E-state index contributed by atoms with van der Waals surface area (Å²) in [4.78, 5) is 0. The number of fused-ring (bicyclic) bond motifs is 1. The topological polar surface area (TPSA) is 40.5 Å². The minimum absolute atomic E-state index is 0.0560. The van der Waals surface area contributed by atoms with Gasteiger partial charge in [0.25, 0.3) is 0 Å². The third kappa shape index (κ3) is 4.00. The molecular formula is C17H8F20O2. The first-order valence-electron chi connectivity index (χ1n) is 9.37. The molecule has 0 amide bonds. The number of alkyl halides is 20. The summed E-state index contributed by atoms with van der Waals surface area (Å²) in [5.74, 6) is -66.0. The Kier molecular flexibility index (Phi) is 7.24. The molecule has 39 heavy (non-hydrogen) atoms. The van der Waals surface area contributed by atoms with Gasteiger partial charge in [-0.1, -0.05) is 12.2 Å². The van der Waals surface area contributed by atoms with Gasteiger partial charge < -0.3 is 10.2 Å². The third-order valence-electron chi connectivity index (χ3n) is 5.93. The van der Waals surface area contributed by atoms with Gasteiger partial charge in [0.2, 0.25) is 0 Å². The van der Waals surface area contributed by atoms with Crippen LogP contribution in [0.25, 0.3) is 0 Å². The fourth-order valence-electron chi connectivity index (χ4n) is 3.84. The second-order valence-corrected chi connectivity index (χ2v) is 8.26. The summed E-state index contributed by atoms with van der Waals surface area (Å²) in [7, 11) is 0. The highest BCUT2D eigenvalue weighted by Crippen LogP contribution is 2.66. The molecule has 0 saturated heterocycles.